The van der Waals surface area contributed by atoms with Crippen LogP contribution in [0.3, 0.4) is 0 Å². The molecule has 2 unspecified atom stereocenters. The Kier molecular flexibility index (Phi) is 5.83. The van der Waals surface area contributed by atoms with E-state index in [9.17, 15) is 28.1 Å². The third-order valence-corrected chi connectivity index (χ3v) is 4.10. The lowest BCUT2D eigenvalue weighted by Gasteiger charge is -2.39. The number of rotatable bonds is 6. The standard InChI is InChI=1S/C18H19F3N2O5/c1-16(2,27-15(22)24)11-17(28-18(19,20)21)9-8-13(10-14(17)23(25)26)12-6-4-3-5-7-12/h3-10,14H,11H2,1-2H3,(H2,22,24). The smallest absolute Gasteiger partial charge is 0.444 e. The van der Waals surface area contributed by atoms with E-state index in [1.807, 2.05) is 0 Å². The Morgan fingerprint density at radius 3 is 2.39 bits per heavy atom. The van der Waals surface area contributed by atoms with Gasteiger partial charge in [0.05, 0.1) is 0 Å². The summed E-state index contributed by atoms with van der Waals surface area (Å²) in [6.45, 7) is 2.58. The van der Waals surface area contributed by atoms with Crippen molar-refractivity contribution in [3.8, 4) is 0 Å². The molecule has 0 saturated heterocycles. The van der Waals surface area contributed by atoms with E-state index < -0.39 is 41.0 Å². The number of nitrogens with zero attached hydrogens (tertiary/aromatic N) is 1. The van der Waals surface area contributed by atoms with Gasteiger partial charge in [0.15, 0.2) is 5.60 Å². The molecular formula is C18H19F3N2O5. The number of primary amides is 1. The van der Waals surface area contributed by atoms with E-state index in [4.69, 9.17) is 10.5 Å². The highest BCUT2D eigenvalue weighted by Gasteiger charge is 2.56. The average molecular weight is 400 g/mol. The van der Waals surface area contributed by atoms with Crippen molar-refractivity contribution in [2.75, 3.05) is 0 Å². The zero-order valence-electron chi connectivity index (χ0n) is 15.1. The molecule has 0 aliphatic heterocycles. The molecule has 28 heavy (non-hydrogen) atoms. The van der Waals surface area contributed by atoms with Crippen molar-refractivity contribution < 1.29 is 32.4 Å². The van der Waals surface area contributed by atoms with Crippen molar-refractivity contribution in [1.82, 2.24) is 0 Å². The average Bonchev–Trinajstić information content (AvgIpc) is 2.52. The topological polar surface area (TPSA) is 105 Å². The lowest BCUT2D eigenvalue weighted by molar-refractivity contribution is -0.543. The Labute approximate surface area is 158 Å². The first kappa shape index (κ1) is 21.4. The molecule has 0 bridgehead atoms. The van der Waals surface area contributed by atoms with E-state index in [0.29, 0.717) is 11.1 Å². The van der Waals surface area contributed by atoms with Gasteiger partial charge in [-0.05, 0) is 31.1 Å². The van der Waals surface area contributed by atoms with Crippen molar-refractivity contribution in [3.05, 3.63) is 64.2 Å². The first-order valence-corrected chi connectivity index (χ1v) is 8.19. The van der Waals surface area contributed by atoms with E-state index >= 15 is 0 Å². The maximum Gasteiger partial charge on any atom is 0.523 e. The van der Waals surface area contributed by atoms with Gasteiger partial charge in [-0.3, -0.25) is 14.9 Å². The third-order valence-electron chi connectivity index (χ3n) is 4.10. The Hall–Kier alpha value is -2.88. The van der Waals surface area contributed by atoms with Crippen molar-refractivity contribution in [2.45, 2.75) is 43.9 Å². The molecule has 1 aliphatic rings. The van der Waals surface area contributed by atoms with Gasteiger partial charge < -0.3 is 10.5 Å². The molecule has 1 amide bonds. The molecule has 152 valence electrons. The molecule has 1 aromatic carbocycles. The second-order valence-corrected chi connectivity index (χ2v) is 6.91. The Balaban J connectivity index is 2.51. The molecule has 0 heterocycles. The maximum absolute atomic E-state index is 13.1. The van der Waals surface area contributed by atoms with E-state index in [0.717, 1.165) is 12.2 Å². The SMILES string of the molecule is CC(C)(CC1(OC(F)(F)F)C=CC(c2ccccc2)=CC1[N+](=O)[O-])OC(N)=O. The number of hydrogen-bond acceptors (Lipinski definition) is 5. The number of nitro groups is 1. The van der Waals surface area contributed by atoms with E-state index in [2.05, 4.69) is 4.74 Å². The molecule has 0 spiro atoms. The van der Waals surface area contributed by atoms with Gasteiger partial charge >= 0.3 is 12.5 Å². The van der Waals surface area contributed by atoms with Crippen LogP contribution < -0.4 is 5.73 Å². The second kappa shape index (κ2) is 7.63. The lowest BCUT2D eigenvalue weighted by Crippen LogP contribution is -2.55. The van der Waals surface area contributed by atoms with Crippen molar-refractivity contribution >= 4 is 11.7 Å². The summed E-state index contributed by atoms with van der Waals surface area (Å²) in [6, 6.07) is 6.59. The Bertz CT molecular complexity index is 805. The zero-order valence-corrected chi connectivity index (χ0v) is 15.1. The van der Waals surface area contributed by atoms with Gasteiger partial charge in [0, 0.05) is 17.4 Å². The Morgan fingerprint density at radius 1 is 1.29 bits per heavy atom. The number of hydrogen-bond donors (Lipinski definition) is 1. The van der Waals surface area contributed by atoms with Crippen LogP contribution in [-0.4, -0.2) is 34.6 Å². The van der Waals surface area contributed by atoms with Crippen LogP contribution in [-0.2, 0) is 9.47 Å². The summed E-state index contributed by atoms with van der Waals surface area (Å²) in [5.74, 6) is 0. The normalized spacial score (nSPS) is 22.5. The molecule has 1 aromatic rings. The van der Waals surface area contributed by atoms with Crippen LogP contribution in [0.4, 0.5) is 18.0 Å². The van der Waals surface area contributed by atoms with Gasteiger partial charge in [0.2, 0.25) is 0 Å². The van der Waals surface area contributed by atoms with E-state index in [-0.39, 0.29) is 0 Å². The first-order valence-electron chi connectivity index (χ1n) is 8.19. The summed E-state index contributed by atoms with van der Waals surface area (Å²) in [7, 11) is 0. The molecule has 1 aliphatic carbocycles. The summed E-state index contributed by atoms with van der Waals surface area (Å²) in [5.41, 5.74) is 1.93. The predicted octanol–water partition coefficient (Wildman–Crippen LogP) is 3.82. The molecule has 7 nitrogen and oxygen atoms in total. The van der Waals surface area contributed by atoms with Crippen molar-refractivity contribution in [3.63, 3.8) is 0 Å². The van der Waals surface area contributed by atoms with Crippen molar-refractivity contribution in [2.24, 2.45) is 5.73 Å². The van der Waals surface area contributed by atoms with Gasteiger partial charge in [-0.1, -0.05) is 36.4 Å². The largest absolute Gasteiger partial charge is 0.523 e. The maximum atomic E-state index is 13.1. The number of ether oxygens (including phenoxy) is 2. The minimum Gasteiger partial charge on any atom is -0.444 e. The monoisotopic (exact) mass is 400 g/mol. The number of amides is 1. The van der Waals surface area contributed by atoms with Gasteiger partial charge in [0.1, 0.15) is 5.60 Å². The fourth-order valence-corrected chi connectivity index (χ4v) is 3.24. The summed E-state index contributed by atoms with van der Waals surface area (Å²) in [4.78, 5) is 21.9. The number of carbonyl (C=O) groups excluding carboxylic acids is 1. The number of benzene rings is 1. The molecule has 0 aromatic heterocycles. The number of alkyl halides is 3. The van der Waals surface area contributed by atoms with Crippen LogP contribution in [0.1, 0.15) is 25.8 Å². The van der Waals surface area contributed by atoms with Gasteiger partial charge in [0.25, 0.3) is 6.04 Å². The van der Waals surface area contributed by atoms with Gasteiger partial charge in [-0.15, -0.1) is 13.2 Å². The minimum absolute atomic E-state index is 0.373. The van der Waals surface area contributed by atoms with Gasteiger partial charge in [-0.25, -0.2) is 4.79 Å². The highest BCUT2D eigenvalue weighted by molar-refractivity contribution is 5.76. The van der Waals surface area contributed by atoms with Crippen LogP contribution in [0.15, 0.2) is 48.6 Å². The van der Waals surface area contributed by atoms with E-state index in [1.165, 1.54) is 19.9 Å². The van der Waals surface area contributed by atoms with Crippen LogP contribution >= 0.6 is 0 Å². The molecule has 10 heteroatoms. The molecular weight excluding hydrogens is 381 g/mol. The summed E-state index contributed by atoms with van der Waals surface area (Å²) < 4.78 is 48.5. The molecule has 2 rings (SSSR count). The van der Waals surface area contributed by atoms with E-state index in [1.54, 1.807) is 30.3 Å². The fraction of sp³-hybridized carbons (Fsp3) is 0.389. The van der Waals surface area contributed by atoms with Crippen LogP contribution in [0.2, 0.25) is 0 Å². The summed E-state index contributed by atoms with van der Waals surface area (Å²) >= 11 is 0. The zero-order chi connectivity index (χ0) is 21.2. The second-order valence-electron chi connectivity index (χ2n) is 6.91. The number of halogens is 3. The highest BCUT2D eigenvalue weighted by Crippen LogP contribution is 2.41. The van der Waals surface area contributed by atoms with Gasteiger partial charge in [-0.2, -0.15) is 0 Å². The van der Waals surface area contributed by atoms with Crippen molar-refractivity contribution in [1.29, 1.82) is 0 Å². The third kappa shape index (κ3) is 5.32. The molecule has 2 atom stereocenters. The molecule has 2 N–H and O–H groups in total. The fourth-order valence-electron chi connectivity index (χ4n) is 3.24. The molecule has 0 fully saturated rings. The summed E-state index contributed by atoms with van der Waals surface area (Å²) in [5, 5.41) is 11.7. The quantitative estimate of drug-likeness (QED) is 0.577. The van der Waals surface area contributed by atoms with Crippen LogP contribution in [0, 0.1) is 10.1 Å². The van der Waals surface area contributed by atoms with Crippen LogP contribution in [0.5, 0.6) is 0 Å². The van der Waals surface area contributed by atoms with Crippen LogP contribution in [0.25, 0.3) is 5.57 Å². The summed E-state index contributed by atoms with van der Waals surface area (Å²) in [6.07, 6.45) is -3.63. The number of carbonyl (C=O) groups is 1. The first-order chi connectivity index (χ1) is 12.8. The predicted molar refractivity (Wildman–Crippen MR) is 93.6 cm³/mol. The number of nitrogens with two attached hydrogens (primary N) is 1. The minimum atomic E-state index is -5.17. The molecule has 0 radical (unpaired) electrons. The lowest BCUT2D eigenvalue weighted by atomic mass is 9.78. The Morgan fingerprint density at radius 2 is 1.89 bits per heavy atom. The molecule has 0 saturated carbocycles. The highest BCUT2D eigenvalue weighted by atomic mass is 19.4. The number of allylic oxidation sites excluding steroid dienone is 2.